The first kappa shape index (κ1) is 47.1. The van der Waals surface area contributed by atoms with Gasteiger partial charge in [0.05, 0.1) is 40.1 Å². The van der Waals surface area contributed by atoms with Crippen LogP contribution in [-0.4, -0.2) is 73.4 Å². The highest BCUT2D eigenvalue weighted by Gasteiger charge is 2.55. The minimum absolute atomic E-state index is 0.0377. The van der Waals surface area contributed by atoms with Crippen LogP contribution in [0.1, 0.15) is 33.4 Å². The van der Waals surface area contributed by atoms with Gasteiger partial charge in [-0.25, -0.2) is 19.8 Å². The average molecular weight is 895 g/mol. The number of methoxy groups -OCH3 is 1. The summed E-state index contributed by atoms with van der Waals surface area (Å²) >= 11 is 0. The maximum Gasteiger partial charge on any atom is 0.430 e. The lowest BCUT2D eigenvalue weighted by molar-refractivity contribution is -0.281. The predicted molar refractivity (Wildman–Crippen MR) is 244 cm³/mol. The third-order valence-electron chi connectivity index (χ3n) is 10.8. The van der Waals surface area contributed by atoms with Crippen molar-refractivity contribution in [3.8, 4) is 0 Å². The molecule has 1 saturated heterocycles. The van der Waals surface area contributed by atoms with Crippen LogP contribution in [-0.2, 0) is 82.3 Å². The largest absolute Gasteiger partial charge is 0.467 e. The molecule has 0 radical (unpaired) electrons. The van der Waals surface area contributed by atoms with Crippen LogP contribution in [0, 0.1) is 0 Å². The second-order valence-electron chi connectivity index (χ2n) is 15.5. The van der Waals surface area contributed by atoms with E-state index in [0.29, 0.717) is 11.1 Å². The van der Waals surface area contributed by atoms with Crippen LogP contribution in [0.3, 0.4) is 0 Å². The van der Waals surface area contributed by atoms with E-state index in [4.69, 9.17) is 37.9 Å². The van der Waals surface area contributed by atoms with Crippen molar-refractivity contribution in [1.29, 1.82) is 0 Å². The molecule has 0 aliphatic carbocycles. The first-order chi connectivity index (χ1) is 32.4. The van der Waals surface area contributed by atoms with Gasteiger partial charge in [-0.05, 0) is 33.4 Å². The fourth-order valence-corrected chi connectivity index (χ4v) is 7.46. The molecule has 0 bridgehead atoms. The molecule has 0 aromatic heterocycles. The summed E-state index contributed by atoms with van der Waals surface area (Å²) in [7, 11) is 1.18. The Morgan fingerprint density at radius 3 is 1.32 bits per heavy atom. The van der Waals surface area contributed by atoms with E-state index >= 15 is 0 Å². The summed E-state index contributed by atoms with van der Waals surface area (Å²) < 4.78 is 50.7. The molecule has 1 aliphatic heterocycles. The number of esters is 1. The normalized spacial score (nSPS) is 18.3. The lowest BCUT2D eigenvalue weighted by Gasteiger charge is -2.48. The number of carbonyl (C=O) groups excluding carboxylic acids is 3. The molecule has 342 valence electrons. The molecule has 66 heavy (non-hydrogen) atoms. The number of hydrogen-bond acceptors (Lipinski definition) is 11. The Labute approximate surface area is 385 Å². The molecule has 6 atom stereocenters. The molecule has 3 unspecified atom stereocenters. The first-order valence-electron chi connectivity index (χ1n) is 21.7. The van der Waals surface area contributed by atoms with Crippen molar-refractivity contribution in [1.82, 2.24) is 10.4 Å². The molecule has 13 nitrogen and oxygen atoms in total. The van der Waals surface area contributed by atoms with E-state index in [1.54, 1.807) is 48.5 Å². The van der Waals surface area contributed by atoms with Gasteiger partial charge >= 0.3 is 18.2 Å². The van der Waals surface area contributed by atoms with Gasteiger partial charge in [-0.1, -0.05) is 182 Å². The van der Waals surface area contributed by atoms with Crippen molar-refractivity contribution in [2.45, 2.75) is 76.2 Å². The molecule has 0 spiro atoms. The van der Waals surface area contributed by atoms with Crippen molar-refractivity contribution in [3.05, 3.63) is 215 Å². The Morgan fingerprint density at radius 1 is 0.500 bits per heavy atom. The quantitative estimate of drug-likeness (QED) is 0.0447. The van der Waals surface area contributed by atoms with Gasteiger partial charge in [0.15, 0.2) is 6.04 Å². The van der Waals surface area contributed by atoms with Crippen LogP contribution < -0.4 is 5.43 Å². The van der Waals surface area contributed by atoms with E-state index in [1.807, 2.05) is 133 Å². The van der Waals surface area contributed by atoms with Crippen molar-refractivity contribution in [2.24, 2.45) is 0 Å². The number of hydrogen-bond donors (Lipinski definition) is 1. The van der Waals surface area contributed by atoms with Gasteiger partial charge in [0.2, 0.25) is 0 Å². The third-order valence-corrected chi connectivity index (χ3v) is 10.8. The second kappa shape index (κ2) is 25.0. The van der Waals surface area contributed by atoms with Gasteiger partial charge in [-0.2, -0.15) is 5.01 Å². The lowest BCUT2D eigenvalue weighted by atomic mass is 9.90. The molecule has 7 rings (SSSR count). The maximum atomic E-state index is 14.5. The molecule has 6 aromatic carbocycles. The van der Waals surface area contributed by atoms with Crippen LogP contribution in [0.15, 0.2) is 182 Å². The number of nitrogens with one attached hydrogen (secondary N) is 1. The Morgan fingerprint density at radius 2 is 0.879 bits per heavy atom. The highest BCUT2D eigenvalue weighted by Crippen LogP contribution is 2.34. The van der Waals surface area contributed by atoms with Crippen LogP contribution in [0.25, 0.3) is 0 Å². The van der Waals surface area contributed by atoms with E-state index in [9.17, 15) is 14.4 Å². The average Bonchev–Trinajstić information content (AvgIpc) is 3.37. The number of hydrazine groups is 1. The Kier molecular flexibility index (Phi) is 17.8. The van der Waals surface area contributed by atoms with Crippen LogP contribution in [0.4, 0.5) is 9.59 Å². The number of nitrogens with zero attached hydrogens (tertiary/aromatic N) is 1. The van der Waals surface area contributed by atoms with Gasteiger partial charge in [-0.3, -0.25) is 0 Å². The number of rotatable bonds is 20. The van der Waals surface area contributed by atoms with E-state index in [1.165, 1.54) is 7.11 Å². The fourth-order valence-electron chi connectivity index (χ4n) is 7.46. The second-order valence-corrected chi connectivity index (χ2v) is 15.5. The van der Waals surface area contributed by atoms with Crippen molar-refractivity contribution < 1.29 is 52.3 Å². The molecular formula is C53H54N2O11. The summed E-state index contributed by atoms with van der Waals surface area (Å²) in [6.07, 6.45) is -7.54. The van der Waals surface area contributed by atoms with Crippen molar-refractivity contribution in [2.75, 3.05) is 13.7 Å². The monoisotopic (exact) mass is 894 g/mol. The summed E-state index contributed by atoms with van der Waals surface area (Å²) in [5, 5.41) is 0.743. The lowest BCUT2D eigenvalue weighted by Crippen LogP contribution is -2.69. The molecule has 13 heteroatoms. The van der Waals surface area contributed by atoms with Crippen molar-refractivity contribution >= 4 is 18.2 Å². The van der Waals surface area contributed by atoms with Crippen molar-refractivity contribution in [3.63, 3.8) is 0 Å². The van der Waals surface area contributed by atoms with Crippen LogP contribution in [0.5, 0.6) is 0 Å². The number of ether oxygens (including phenoxy) is 8. The van der Waals surface area contributed by atoms with Gasteiger partial charge in [0, 0.05) is 0 Å². The van der Waals surface area contributed by atoms with E-state index in [0.717, 1.165) is 27.3 Å². The molecular weight excluding hydrogens is 841 g/mol. The minimum atomic E-state index is -1.75. The molecule has 2 amide bonds. The summed E-state index contributed by atoms with van der Waals surface area (Å²) in [4.78, 5) is 42.7. The molecule has 1 fully saturated rings. The zero-order valence-corrected chi connectivity index (χ0v) is 36.7. The highest BCUT2D eigenvalue weighted by atomic mass is 16.6. The molecule has 0 saturated carbocycles. The molecule has 1 N–H and O–H groups in total. The summed E-state index contributed by atoms with van der Waals surface area (Å²) in [6, 6.07) is 54.6. The number of amides is 2. The summed E-state index contributed by atoms with van der Waals surface area (Å²) in [6.45, 7) is 0.171. The maximum absolute atomic E-state index is 14.5. The fraction of sp³-hybridized carbons (Fsp3) is 0.264. The highest BCUT2D eigenvalue weighted by molar-refractivity contribution is 5.84. The minimum Gasteiger partial charge on any atom is -0.467 e. The Hall–Kier alpha value is -6.87. The number of benzene rings is 6. The smallest absolute Gasteiger partial charge is 0.430 e. The Bertz CT molecular complexity index is 2350. The van der Waals surface area contributed by atoms with Crippen LogP contribution in [0.2, 0.25) is 0 Å². The Balaban J connectivity index is 1.30. The third kappa shape index (κ3) is 13.8. The predicted octanol–water partition coefficient (Wildman–Crippen LogP) is 8.75. The molecule has 1 aliphatic rings. The van der Waals surface area contributed by atoms with E-state index in [2.05, 4.69) is 5.43 Å². The standard InChI is InChI=1S/C53H54N2O11/c1-59-51(56)46(55(53(58)65-37-44-30-18-7-19-31-44)54-52(57)64-36-43-28-16-6-17-29-43)48-50(63-35-42-26-14-5-15-27-42)49(62-34-41-24-12-4-13-25-41)47(61-33-40-22-10-3-11-23-40)45(66-48)38-60-32-39-20-8-2-9-21-39/h2-31,45-50H,32-38H2,1H3,(H,54,57)/t45?,46-,47+,48-,49?,50?/m0/s1. The SMILES string of the molecule is COC(=O)[C@H]([C@@H]1OC(COCc2ccccc2)[C@@H](OCc2ccccc2)C(OCc2ccccc2)C1OCc1ccccc1)N(NC(=O)OCc1ccccc1)C(=O)OCc1ccccc1. The molecule has 6 aromatic rings. The van der Waals surface area contributed by atoms with E-state index < -0.39 is 54.7 Å². The summed E-state index contributed by atoms with van der Waals surface area (Å²) in [5.41, 5.74) is 7.34. The zero-order valence-electron chi connectivity index (χ0n) is 36.7. The topological polar surface area (TPSA) is 140 Å². The van der Waals surface area contributed by atoms with Crippen LogP contribution >= 0.6 is 0 Å². The van der Waals surface area contributed by atoms with Gasteiger partial charge in [-0.15, -0.1) is 0 Å². The van der Waals surface area contributed by atoms with Gasteiger partial charge in [0.25, 0.3) is 0 Å². The number of carbonyl (C=O) groups is 3. The van der Waals surface area contributed by atoms with Gasteiger partial charge in [0.1, 0.15) is 43.7 Å². The first-order valence-corrected chi connectivity index (χ1v) is 21.7. The van der Waals surface area contributed by atoms with Gasteiger partial charge < -0.3 is 37.9 Å². The summed E-state index contributed by atoms with van der Waals surface area (Å²) in [5.74, 6) is -0.956. The molecule has 1 heterocycles. The zero-order chi connectivity index (χ0) is 45.8. The van der Waals surface area contributed by atoms with E-state index in [-0.39, 0.29) is 46.2 Å².